The zero-order valence-electron chi connectivity index (χ0n) is 12.7. The van der Waals surface area contributed by atoms with Gasteiger partial charge in [0, 0.05) is 17.2 Å². The molecule has 7 nitrogen and oxygen atoms in total. The Balaban J connectivity index is 2.02. The van der Waals surface area contributed by atoms with Crippen molar-refractivity contribution in [1.82, 2.24) is 5.43 Å². The van der Waals surface area contributed by atoms with Crippen LogP contribution in [0.25, 0.3) is 0 Å². The van der Waals surface area contributed by atoms with Crippen LogP contribution in [0.4, 0.5) is 5.69 Å². The molecule has 0 spiro atoms. The molecule has 0 bridgehead atoms. The van der Waals surface area contributed by atoms with Crippen LogP contribution >= 0.6 is 15.9 Å². The number of nitrogens with zero attached hydrogens (tertiary/aromatic N) is 2. The topological polar surface area (TPSA) is 93.8 Å². The number of amides is 1. The summed E-state index contributed by atoms with van der Waals surface area (Å²) >= 11 is 3.10. The highest BCUT2D eigenvalue weighted by molar-refractivity contribution is 9.10. The van der Waals surface area contributed by atoms with E-state index in [4.69, 9.17) is 4.74 Å². The number of hydrogen-bond acceptors (Lipinski definition) is 5. The Hall–Kier alpha value is -2.74. The Morgan fingerprint density at radius 3 is 2.67 bits per heavy atom. The summed E-state index contributed by atoms with van der Waals surface area (Å²) in [5, 5.41) is 14.7. The number of nitro groups is 1. The SMILES string of the molecule is CCOc1ccc(C(=O)N/N=C\c2ccc(Br)c([N+](=O)[O-])c2)cc1. The van der Waals surface area contributed by atoms with Crippen molar-refractivity contribution < 1.29 is 14.5 Å². The molecule has 0 saturated heterocycles. The third-order valence-electron chi connectivity index (χ3n) is 2.97. The molecule has 0 atom stereocenters. The fourth-order valence-corrected chi connectivity index (χ4v) is 2.24. The van der Waals surface area contributed by atoms with Crippen LogP contribution in [0.15, 0.2) is 52.0 Å². The molecule has 0 saturated carbocycles. The molecule has 0 aliphatic rings. The van der Waals surface area contributed by atoms with E-state index >= 15 is 0 Å². The van der Waals surface area contributed by atoms with E-state index in [2.05, 4.69) is 26.5 Å². The molecule has 24 heavy (non-hydrogen) atoms. The van der Waals surface area contributed by atoms with E-state index in [0.717, 1.165) is 0 Å². The molecule has 0 heterocycles. The molecule has 0 fully saturated rings. The van der Waals surface area contributed by atoms with Crippen LogP contribution in [-0.2, 0) is 0 Å². The van der Waals surface area contributed by atoms with Gasteiger partial charge in [-0.3, -0.25) is 14.9 Å². The van der Waals surface area contributed by atoms with Crippen LogP contribution in [0.3, 0.4) is 0 Å². The summed E-state index contributed by atoms with van der Waals surface area (Å²) in [4.78, 5) is 22.3. The highest BCUT2D eigenvalue weighted by Gasteiger charge is 2.11. The van der Waals surface area contributed by atoms with E-state index in [1.807, 2.05) is 6.92 Å². The fourth-order valence-electron chi connectivity index (χ4n) is 1.85. The Morgan fingerprint density at radius 2 is 2.04 bits per heavy atom. The smallest absolute Gasteiger partial charge is 0.284 e. The molecular formula is C16H14BrN3O4. The van der Waals surface area contributed by atoms with Gasteiger partial charge in [-0.25, -0.2) is 5.43 Å². The first-order valence-corrected chi connectivity index (χ1v) is 7.80. The average molecular weight is 392 g/mol. The summed E-state index contributed by atoms with van der Waals surface area (Å²) < 4.78 is 5.68. The first kappa shape index (κ1) is 17.6. The highest BCUT2D eigenvalue weighted by atomic mass is 79.9. The number of halogens is 1. The minimum atomic E-state index is -0.500. The first-order valence-electron chi connectivity index (χ1n) is 7.01. The van der Waals surface area contributed by atoms with Crippen LogP contribution in [0.2, 0.25) is 0 Å². The number of benzene rings is 2. The van der Waals surface area contributed by atoms with E-state index in [1.165, 1.54) is 12.3 Å². The number of nitro benzene ring substituents is 1. The number of rotatable bonds is 6. The van der Waals surface area contributed by atoms with Crippen molar-refractivity contribution in [2.45, 2.75) is 6.92 Å². The molecule has 124 valence electrons. The highest BCUT2D eigenvalue weighted by Crippen LogP contribution is 2.24. The van der Waals surface area contributed by atoms with Crippen molar-refractivity contribution >= 4 is 33.7 Å². The van der Waals surface area contributed by atoms with Crippen LogP contribution in [0.1, 0.15) is 22.8 Å². The maximum Gasteiger partial charge on any atom is 0.284 e. The zero-order chi connectivity index (χ0) is 17.5. The average Bonchev–Trinajstić information content (AvgIpc) is 2.57. The second-order valence-corrected chi connectivity index (χ2v) is 5.48. The van der Waals surface area contributed by atoms with Crippen molar-refractivity contribution in [1.29, 1.82) is 0 Å². The van der Waals surface area contributed by atoms with E-state index in [-0.39, 0.29) is 11.6 Å². The Kier molecular flexibility index (Phi) is 6.02. The molecule has 2 aromatic rings. The predicted molar refractivity (Wildman–Crippen MR) is 93.5 cm³/mol. The van der Waals surface area contributed by atoms with E-state index < -0.39 is 4.92 Å². The molecule has 0 aromatic heterocycles. The zero-order valence-corrected chi connectivity index (χ0v) is 14.3. The number of ether oxygens (including phenoxy) is 1. The van der Waals surface area contributed by atoms with E-state index in [1.54, 1.807) is 36.4 Å². The minimum absolute atomic E-state index is 0.0724. The van der Waals surface area contributed by atoms with Gasteiger partial charge in [-0.05, 0) is 53.2 Å². The molecule has 0 radical (unpaired) electrons. The lowest BCUT2D eigenvalue weighted by Crippen LogP contribution is -2.17. The summed E-state index contributed by atoms with van der Waals surface area (Å²) in [7, 11) is 0. The van der Waals surface area contributed by atoms with Crippen LogP contribution < -0.4 is 10.2 Å². The van der Waals surface area contributed by atoms with Crippen molar-refractivity contribution in [2.75, 3.05) is 6.61 Å². The summed E-state index contributed by atoms with van der Waals surface area (Å²) in [6, 6.07) is 11.2. The summed E-state index contributed by atoms with van der Waals surface area (Å²) in [5.74, 6) is 0.292. The minimum Gasteiger partial charge on any atom is -0.494 e. The van der Waals surface area contributed by atoms with Gasteiger partial charge < -0.3 is 4.74 Å². The Bertz CT molecular complexity index is 775. The van der Waals surface area contributed by atoms with Crippen LogP contribution in [-0.4, -0.2) is 23.7 Å². The quantitative estimate of drug-likeness (QED) is 0.462. The molecule has 0 unspecified atom stereocenters. The Labute approximate surface area is 146 Å². The predicted octanol–water partition coefficient (Wildman–Crippen LogP) is 3.52. The molecule has 0 aliphatic heterocycles. The lowest BCUT2D eigenvalue weighted by Gasteiger charge is -2.04. The van der Waals surface area contributed by atoms with Gasteiger partial charge in [0.05, 0.1) is 22.2 Å². The number of nitrogens with one attached hydrogen (secondary N) is 1. The molecule has 8 heteroatoms. The van der Waals surface area contributed by atoms with Crippen molar-refractivity contribution in [3.05, 3.63) is 68.2 Å². The van der Waals surface area contributed by atoms with Gasteiger partial charge >= 0.3 is 0 Å². The molecule has 1 N–H and O–H groups in total. The van der Waals surface area contributed by atoms with E-state index in [0.29, 0.717) is 28.0 Å². The van der Waals surface area contributed by atoms with Gasteiger partial charge in [0.2, 0.25) is 0 Å². The third kappa shape index (κ3) is 4.63. The first-order chi connectivity index (χ1) is 11.5. The number of hydrazone groups is 1. The summed E-state index contributed by atoms with van der Waals surface area (Å²) in [5.41, 5.74) is 3.22. The van der Waals surface area contributed by atoms with Crippen LogP contribution in [0, 0.1) is 10.1 Å². The van der Waals surface area contributed by atoms with Crippen LogP contribution in [0.5, 0.6) is 5.75 Å². The molecular weight excluding hydrogens is 378 g/mol. The largest absolute Gasteiger partial charge is 0.494 e. The normalized spacial score (nSPS) is 10.6. The standard InChI is InChI=1S/C16H14BrN3O4/c1-2-24-13-6-4-12(5-7-13)16(21)19-18-10-11-3-8-14(17)15(9-11)20(22)23/h3-10H,2H2,1H3,(H,19,21)/b18-10-. The van der Waals surface area contributed by atoms with Gasteiger partial charge in [0.15, 0.2) is 0 Å². The third-order valence-corrected chi connectivity index (χ3v) is 3.64. The van der Waals surface area contributed by atoms with Crippen molar-refractivity contribution in [2.24, 2.45) is 5.10 Å². The second kappa shape index (κ2) is 8.21. The molecule has 2 rings (SSSR count). The van der Waals surface area contributed by atoms with Crippen molar-refractivity contribution in [3.8, 4) is 5.75 Å². The van der Waals surface area contributed by atoms with Gasteiger partial charge in [-0.2, -0.15) is 5.10 Å². The van der Waals surface area contributed by atoms with Crippen molar-refractivity contribution in [3.63, 3.8) is 0 Å². The lowest BCUT2D eigenvalue weighted by atomic mass is 10.2. The number of carbonyl (C=O) groups excluding carboxylic acids is 1. The number of hydrogen-bond donors (Lipinski definition) is 1. The maximum atomic E-state index is 12.0. The van der Waals surface area contributed by atoms with Gasteiger partial charge in [0.1, 0.15) is 5.75 Å². The van der Waals surface area contributed by atoms with Gasteiger partial charge in [0.25, 0.3) is 11.6 Å². The molecule has 1 amide bonds. The monoisotopic (exact) mass is 391 g/mol. The lowest BCUT2D eigenvalue weighted by molar-refractivity contribution is -0.385. The maximum absolute atomic E-state index is 12.0. The van der Waals surface area contributed by atoms with Gasteiger partial charge in [-0.1, -0.05) is 6.07 Å². The Morgan fingerprint density at radius 1 is 1.33 bits per heavy atom. The summed E-state index contributed by atoms with van der Waals surface area (Å²) in [6.45, 7) is 2.43. The second-order valence-electron chi connectivity index (χ2n) is 4.62. The van der Waals surface area contributed by atoms with E-state index in [9.17, 15) is 14.9 Å². The summed E-state index contributed by atoms with van der Waals surface area (Å²) in [6.07, 6.45) is 1.34. The number of carbonyl (C=O) groups is 1. The molecule has 2 aromatic carbocycles. The molecule has 0 aliphatic carbocycles. The van der Waals surface area contributed by atoms with Gasteiger partial charge in [-0.15, -0.1) is 0 Å². The fraction of sp³-hybridized carbons (Fsp3) is 0.125.